The predicted octanol–water partition coefficient (Wildman–Crippen LogP) is 5.16. The van der Waals surface area contributed by atoms with Gasteiger partial charge in [-0.3, -0.25) is 14.5 Å². The van der Waals surface area contributed by atoms with Gasteiger partial charge in [0.1, 0.15) is 0 Å². The molecule has 0 aromatic heterocycles. The van der Waals surface area contributed by atoms with Gasteiger partial charge in [0.25, 0.3) is 11.8 Å². The quantitative estimate of drug-likeness (QED) is 0.422. The van der Waals surface area contributed by atoms with E-state index in [-0.39, 0.29) is 30.3 Å². The Labute approximate surface area is 194 Å². The van der Waals surface area contributed by atoms with Gasteiger partial charge in [0.05, 0.1) is 11.1 Å². The van der Waals surface area contributed by atoms with E-state index in [0.29, 0.717) is 30.6 Å². The summed E-state index contributed by atoms with van der Waals surface area (Å²) in [5, 5.41) is 6.01. The second-order valence-electron chi connectivity index (χ2n) is 7.48. The van der Waals surface area contributed by atoms with Gasteiger partial charge in [-0.2, -0.15) is 0 Å². The van der Waals surface area contributed by atoms with Crippen LogP contribution in [0.2, 0.25) is 0 Å². The third-order valence-electron chi connectivity index (χ3n) is 5.47. The lowest BCUT2D eigenvalue weighted by Crippen LogP contribution is -2.30. The van der Waals surface area contributed by atoms with E-state index < -0.39 is 0 Å². The number of allylic oxidation sites excluding steroid dienone is 1. The molecule has 0 saturated heterocycles. The molecule has 2 amide bonds. The maximum absolute atomic E-state index is 12.3. The van der Waals surface area contributed by atoms with E-state index in [9.17, 15) is 9.59 Å². The Bertz CT molecular complexity index is 1180. The average Bonchev–Trinajstić information content (AvgIpc) is 3.05. The van der Waals surface area contributed by atoms with E-state index in [2.05, 4.69) is 66.5 Å². The summed E-state index contributed by atoms with van der Waals surface area (Å²) in [6, 6.07) is 21.9. The Hall–Kier alpha value is -3.39. The van der Waals surface area contributed by atoms with Gasteiger partial charge in [-0.05, 0) is 41.5 Å². The molecule has 0 fully saturated rings. The van der Waals surface area contributed by atoms with Crippen molar-refractivity contribution in [3.8, 4) is 11.8 Å². The minimum Gasteiger partial charge on any atom is -0.307 e. The van der Waals surface area contributed by atoms with Crippen molar-refractivity contribution in [2.24, 2.45) is 0 Å². The lowest BCUT2D eigenvalue weighted by molar-refractivity contribution is 0.0658. The van der Waals surface area contributed by atoms with Crippen molar-refractivity contribution in [1.29, 1.82) is 0 Å². The molecule has 0 aliphatic carbocycles. The summed E-state index contributed by atoms with van der Waals surface area (Å²) in [6.45, 7) is 3.17. The molecule has 4 rings (SSSR count). The SMILES string of the molecule is C[C@@H](NCC=CC#CCCN1C(=O)c2ccccc2C1=O)c1cccc2ccccc12.Cl. The summed E-state index contributed by atoms with van der Waals surface area (Å²) in [5.74, 6) is 5.53. The molecule has 4 nitrogen and oxygen atoms in total. The summed E-state index contributed by atoms with van der Waals surface area (Å²) in [5.41, 5.74) is 2.23. The van der Waals surface area contributed by atoms with Gasteiger partial charge in [-0.1, -0.05) is 72.5 Å². The maximum atomic E-state index is 12.3. The highest BCUT2D eigenvalue weighted by Gasteiger charge is 2.34. The Morgan fingerprint density at radius 3 is 2.34 bits per heavy atom. The van der Waals surface area contributed by atoms with Crippen molar-refractivity contribution in [2.75, 3.05) is 13.1 Å². The smallest absolute Gasteiger partial charge is 0.261 e. The number of hydrogen-bond acceptors (Lipinski definition) is 3. The van der Waals surface area contributed by atoms with Crippen LogP contribution in [0, 0.1) is 11.8 Å². The van der Waals surface area contributed by atoms with Gasteiger partial charge in [0.2, 0.25) is 0 Å². The second kappa shape index (κ2) is 10.8. The number of benzene rings is 3. The van der Waals surface area contributed by atoms with Crippen molar-refractivity contribution < 1.29 is 9.59 Å². The molecule has 1 aliphatic rings. The van der Waals surface area contributed by atoms with Crippen LogP contribution in [-0.4, -0.2) is 29.8 Å². The number of carbonyl (C=O) groups excluding carboxylic acids is 2. The first-order valence-electron chi connectivity index (χ1n) is 10.5. The molecular formula is C27H25ClN2O2. The first-order valence-corrected chi connectivity index (χ1v) is 10.5. The van der Waals surface area contributed by atoms with Crippen LogP contribution in [0.3, 0.4) is 0 Å². The summed E-state index contributed by atoms with van der Waals surface area (Å²) >= 11 is 0. The molecule has 1 aliphatic heterocycles. The first kappa shape index (κ1) is 23.3. The van der Waals surface area contributed by atoms with Crippen molar-refractivity contribution in [3.63, 3.8) is 0 Å². The van der Waals surface area contributed by atoms with Crippen molar-refractivity contribution in [2.45, 2.75) is 19.4 Å². The predicted molar refractivity (Wildman–Crippen MR) is 131 cm³/mol. The zero-order chi connectivity index (χ0) is 21.6. The number of rotatable bonds is 6. The number of amides is 2. The zero-order valence-electron chi connectivity index (χ0n) is 17.9. The molecule has 1 heterocycles. The van der Waals surface area contributed by atoms with E-state index in [0.717, 1.165) is 0 Å². The lowest BCUT2D eigenvalue weighted by Gasteiger charge is -2.15. The normalized spacial score (nSPS) is 13.6. The Morgan fingerprint density at radius 2 is 1.59 bits per heavy atom. The van der Waals surface area contributed by atoms with Crippen LogP contribution in [0.5, 0.6) is 0 Å². The molecule has 32 heavy (non-hydrogen) atoms. The van der Waals surface area contributed by atoms with Gasteiger partial charge >= 0.3 is 0 Å². The molecule has 0 saturated carbocycles. The van der Waals surface area contributed by atoms with E-state index in [4.69, 9.17) is 0 Å². The monoisotopic (exact) mass is 444 g/mol. The summed E-state index contributed by atoms with van der Waals surface area (Å²) in [7, 11) is 0. The maximum Gasteiger partial charge on any atom is 0.261 e. The average molecular weight is 445 g/mol. The Balaban J connectivity index is 0.00000289. The first-order chi connectivity index (χ1) is 15.2. The molecule has 1 atom stereocenters. The molecule has 0 radical (unpaired) electrons. The van der Waals surface area contributed by atoms with Crippen LogP contribution in [-0.2, 0) is 0 Å². The van der Waals surface area contributed by atoms with Gasteiger partial charge in [-0.15, -0.1) is 12.4 Å². The summed E-state index contributed by atoms with van der Waals surface area (Å²) in [6.07, 6.45) is 4.25. The minimum atomic E-state index is -0.232. The van der Waals surface area contributed by atoms with E-state index in [1.165, 1.54) is 21.2 Å². The molecule has 3 aromatic carbocycles. The van der Waals surface area contributed by atoms with Crippen molar-refractivity contribution in [1.82, 2.24) is 10.2 Å². The van der Waals surface area contributed by atoms with Gasteiger partial charge in [-0.25, -0.2) is 0 Å². The van der Waals surface area contributed by atoms with Crippen LogP contribution in [0.4, 0.5) is 0 Å². The number of imide groups is 1. The second-order valence-corrected chi connectivity index (χ2v) is 7.48. The third kappa shape index (κ3) is 4.91. The number of nitrogens with zero attached hydrogens (tertiary/aromatic N) is 1. The highest BCUT2D eigenvalue weighted by molar-refractivity contribution is 6.21. The zero-order valence-corrected chi connectivity index (χ0v) is 18.7. The fourth-order valence-electron chi connectivity index (χ4n) is 3.84. The van der Waals surface area contributed by atoms with Gasteiger partial charge in [0.15, 0.2) is 0 Å². The lowest BCUT2D eigenvalue weighted by atomic mass is 10.00. The molecule has 162 valence electrons. The van der Waals surface area contributed by atoms with Crippen LogP contribution in [0.1, 0.15) is 45.7 Å². The fraction of sp³-hybridized carbons (Fsp3) is 0.185. The topological polar surface area (TPSA) is 49.4 Å². The number of hydrogen-bond donors (Lipinski definition) is 1. The number of nitrogens with one attached hydrogen (secondary N) is 1. The molecule has 1 N–H and O–H groups in total. The molecule has 0 spiro atoms. The molecule has 5 heteroatoms. The van der Waals surface area contributed by atoms with Crippen molar-refractivity contribution in [3.05, 3.63) is 95.6 Å². The van der Waals surface area contributed by atoms with Gasteiger partial charge < -0.3 is 5.32 Å². The van der Waals surface area contributed by atoms with Gasteiger partial charge in [0, 0.05) is 25.6 Å². The minimum absolute atomic E-state index is 0. The van der Waals surface area contributed by atoms with E-state index in [1.807, 2.05) is 12.2 Å². The van der Waals surface area contributed by atoms with Crippen LogP contribution >= 0.6 is 12.4 Å². The van der Waals surface area contributed by atoms with E-state index in [1.54, 1.807) is 24.3 Å². The Kier molecular flexibility index (Phi) is 7.83. The largest absolute Gasteiger partial charge is 0.307 e. The number of carbonyl (C=O) groups is 2. The van der Waals surface area contributed by atoms with Crippen LogP contribution in [0.25, 0.3) is 10.8 Å². The number of fused-ring (bicyclic) bond motifs is 2. The molecule has 0 bridgehead atoms. The summed E-state index contributed by atoms with van der Waals surface area (Å²) < 4.78 is 0. The summed E-state index contributed by atoms with van der Waals surface area (Å²) in [4.78, 5) is 25.9. The van der Waals surface area contributed by atoms with Crippen molar-refractivity contribution >= 4 is 35.0 Å². The molecule has 0 unspecified atom stereocenters. The van der Waals surface area contributed by atoms with Crippen LogP contribution in [0.15, 0.2) is 78.9 Å². The number of halogens is 1. The highest BCUT2D eigenvalue weighted by atomic mass is 35.5. The highest BCUT2D eigenvalue weighted by Crippen LogP contribution is 2.24. The Morgan fingerprint density at radius 1 is 0.938 bits per heavy atom. The molecular weight excluding hydrogens is 420 g/mol. The molecule has 3 aromatic rings. The van der Waals surface area contributed by atoms with E-state index >= 15 is 0 Å². The van der Waals surface area contributed by atoms with Crippen LogP contribution < -0.4 is 5.32 Å². The standard InChI is InChI=1S/C27H24N2O2.ClH/c1-20(22-17-11-13-21-12-5-6-14-23(21)22)28-18-9-3-2-4-10-19-29-26(30)24-15-7-8-16-25(24)27(29)31;/h3,5-9,11-17,20,28H,10,18-19H2,1H3;1H/t20-;/m1./s1. The third-order valence-corrected chi connectivity index (χ3v) is 5.47. The fourth-order valence-corrected chi connectivity index (χ4v) is 3.84.